The lowest BCUT2D eigenvalue weighted by Crippen LogP contribution is -2.23. The van der Waals surface area contributed by atoms with E-state index in [0.29, 0.717) is 29.5 Å². The number of anilines is 3. The number of oxazole rings is 1. The van der Waals surface area contributed by atoms with Gasteiger partial charge in [-0.3, -0.25) is 5.43 Å². The van der Waals surface area contributed by atoms with Crippen molar-refractivity contribution in [3.8, 4) is 5.75 Å². The zero-order chi connectivity index (χ0) is 21.8. The Balaban J connectivity index is 1.49. The van der Waals surface area contributed by atoms with Gasteiger partial charge in [-0.05, 0) is 57.4 Å². The number of hydrogen-bond acceptors (Lipinski definition) is 8. The van der Waals surface area contributed by atoms with E-state index < -0.39 is 5.76 Å². The lowest BCUT2D eigenvalue weighted by Gasteiger charge is -2.12. The molecule has 0 aliphatic heterocycles. The fraction of sp³-hybridized carbons (Fsp3) is 0.227. The van der Waals surface area contributed by atoms with Crippen LogP contribution in [0, 0.1) is 6.92 Å². The molecule has 2 aromatic carbocycles. The number of rotatable bonds is 8. The maximum atomic E-state index is 12.2. The summed E-state index contributed by atoms with van der Waals surface area (Å²) in [5.41, 5.74) is 5.76. The molecule has 0 spiro atoms. The lowest BCUT2D eigenvalue weighted by atomic mass is 10.3. The Kier molecular flexibility index (Phi) is 5.85. The molecule has 9 heteroatoms. The first-order valence-corrected chi connectivity index (χ1v) is 9.85. The van der Waals surface area contributed by atoms with E-state index in [4.69, 9.17) is 9.15 Å². The Morgan fingerprint density at radius 2 is 1.90 bits per heavy atom. The van der Waals surface area contributed by atoms with Crippen molar-refractivity contribution in [1.29, 1.82) is 0 Å². The van der Waals surface area contributed by atoms with Gasteiger partial charge in [0.15, 0.2) is 11.4 Å². The molecule has 0 unspecified atom stereocenters. The number of likely N-dealkylation sites (N-methyl/N-ethyl adjacent to an activating group) is 1. The Morgan fingerprint density at radius 1 is 1.13 bits per heavy atom. The van der Waals surface area contributed by atoms with Crippen LogP contribution in [0.5, 0.6) is 5.75 Å². The van der Waals surface area contributed by atoms with Crippen LogP contribution >= 0.6 is 0 Å². The summed E-state index contributed by atoms with van der Waals surface area (Å²) in [5, 5.41) is 3.17. The van der Waals surface area contributed by atoms with Gasteiger partial charge in [-0.25, -0.2) is 9.78 Å². The van der Waals surface area contributed by atoms with Crippen molar-refractivity contribution in [3.05, 3.63) is 70.8 Å². The number of nitrogens with zero attached hydrogens (tertiary/aromatic N) is 4. The zero-order valence-electron chi connectivity index (χ0n) is 17.6. The van der Waals surface area contributed by atoms with Gasteiger partial charge in [0.2, 0.25) is 5.95 Å². The average Bonchev–Trinajstić information content (AvgIpc) is 3.06. The molecule has 31 heavy (non-hydrogen) atoms. The van der Waals surface area contributed by atoms with Crippen LogP contribution in [0.3, 0.4) is 0 Å². The second-order valence-corrected chi connectivity index (χ2v) is 7.31. The summed E-state index contributed by atoms with van der Waals surface area (Å²) in [5.74, 6) is 1.18. The number of fused-ring (bicyclic) bond motifs is 1. The van der Waals surface area contributed by atoms with Crippen LogP contribution in [0.25, 0.3) is 11.1 Å². The largest absolute Gasteiger partial charge is 0.492 e. The Morgan fingerprint density at radius 3 is 2.68 bits per heavy atom. The minimum absolute atomic E-state index is 0.398. The highest BCUT2D eigenvalue weighted by molar-refractivity contribution is 5.73. The number of aromatic nitrogens is 3. The SMILES string of the molecule is Cc1cnc(Nc2ccc(OCCN(C)C)cc2)nc1Nn1c(=O)oc2ccccc21. The van der Waals surface area contributed by atoms with E-state index in [1.165, 1.54) is 4.68 Å². The van der Waals surface area contributed by atoms with Crippen LogP contribution in [0.2, 0.25) is 0 Å². The number of nitrogens with one attached hydrogen (secondary N) is 2. The molecule has 0 radical (unpaired) electrons. The third-order valence-electron chi connectivity index (χ3n) is 4.59. The second kappa shape index (κ2) is 8.88. The van der Waals surface area contributed by atoms with Crippen LogP contribution in [-0.4, -0.2) is 46.8 Å². The summed E-state index contributed by atoms with van der Waals surface area (Å²) in [6.45, 7) is 3.33. The number of para-hydroxylation sites is 2. The van der Waals surface area contributed by atoms with Gasteiger partial charge in [0, 0.05) is 24.0 Å². The number of aryl methyl sites for hydroxylation is 1. The van der Waals surface area contributed by atoms with Crippen LogP contribution < -0.4 is 21.2 Å². The number of benzene rings is 2. The number of ether oxygens (including phenoxy) is 1. The molecule has 0 atom stereocenters. The standard InChI is InChI=1S/C22H24N6O3/c1-15-14-23-21(24-16-8-10-17(11-9-16)30-13-12-27(2)3)25-20(15)26-28-18-6-4-5-7-19(18)31-22(28)29/h4-11,14H,12-13H2,1-3H3,(H2,23,24,25,26). The molecule has 9 nitrogen and oxygen atoms in total. The zero-order valence-corrected chi connectivity index (χ0v) is 17.6. The highest BCUT2D eigenvalue weighted by Gasteiger charge is 2.11. The van der Waals surface area contributed by atoms with E-state index in [1.54, 1.807) is 18.3 Å². The molecular formula is C22H24N6O3. The van der Waals surface area contributed by atoms with Crippen LogP contribution in [0.15, 0.2) is 63.9 Å². The van der Waals surface area contributed by atoms with E-state index in [9.17, 15) is 4.79 Å². The molecule has 4 aromatic rings. The maximum absolute atomic E-state index is 12.2. The Labute approximate surface area is 179 Å². The van der Waals surface area contributed by atoms with Gasteiger partial charge in [0.05, 0.1) is 0 Å². The fourth-order valence-corrected chi connectivity index (χ4v) is 2.90. The van der Waals surface area contributed by atoms with Gasteiger partial charge in [-0.2, -0.15) is 9.66 Å². The molecule has 0 bridgehead atoms. The van der Waals surface area contributed by atoms with Gasteiger partial charge in [-0.15, -0.1) is 0 Å². The van der Waals surface area contributed by atoms with Crippen LogP contribution in [0.4, 0.5) is 17.5 Å². The first-order valence-electron chi connectivity index (χ1n) is 9.85. The van der Waals surface area contributed by atoms with Gasteiger partial charge in [0.25, 0.3) is 0 Å². The minimum atomic E-state index is -0.515. The molecule has 0 saturated carbocycles. The summed E-state index contributed by atoms with van der Waals surface area (Å²) in [4.78, 5) is 23.1. The lowest BCUT2D eigenvalue weighted by molar-refractivity contribution is 0.261. The smallest absolute Gasteiger partial charge is 0.439 e. The molecule has 0 aliphatic rings. The number of hydrogen-bond donors (Lipinski definition) is 2. The predicted octanol–water partition coefficient (Wildman–Crippen LogP) is 3.25. The Bertz CT molecular complexity index is 1230. The van der Waals surface area contributed by atoms with Crippen molar-refractivity contribution >= 4 is 28.6 Å². The molecular weight excluding hydrogens is 396 g/mol. The molecule has 0 fully saturated rings. The topological polar surface area (TPSA) is 97.5 Å². The van der Waals surface area contributed by atoms with E-state index >= 15 is 0 Å². The van der Waals surface area contributed by atoms with Crippen LogP contribution in [-0.2, 0) is 0 Å². The van der Waals surface area contributed by atoms with Crippen molar-refractivity contribution in [2.75, 3.05) is 38.0 Å². The first-order chi connectivity index (χ1) is 15.0. The van der Waals surface area contributed by atoms with E-state index in [2.05, 4.69) is 25.6 Å². The minimum Gasteiger partial charge on any atom is -0.492 e. The molecule has 0 aliphatic carbocycles. The molecule has 2 N–H and O–H groups in total. The highest BCUT2D eigenvalue weighted by Crippen LogP contribution is 2.21. The summed E-state index contributed by atoms with van der Waals surface area (Å²) >= 11 is 0. The van der Waals surface area contributed by atoms with Crippen LogP contribution in [0.1, 0.15) is 5.56 Å². The molecule has 2 heterocycles. The van der Waals surface area contributed by atoms with E-state index in [0.717, 1.165) is 23.5 Å². The fourth-order valence-electron chi connectivity index (χ4n) is 2.90. The quantitative estimate of drug-likeness (QED) is 0.448. The van der Waals surface area contributed by atoms with Gasteiger partial charge in [-0.1, -0.05) is 12.1 Å². The van der Waals surface area contributed by atoms with E-state index in [1.807, 2.05) is 57.4 Å². The predicted molar refractivity (Wildman–Crippen MR) is 120 cm³/mol. The second-order valence-electron chi connectivity index (χ2n) is 7.31. The monoisotopic (exact) mass is 420 g/mol. The summed E-state index contributed by atoms with van der Waals surface area (Å²) < 4.78 is 12.3. The molecule has 0 amide bonds. The van der Waals surface area contributed by atoms with Gasteiger partial charge >= 0.3 is 5.76 Å². The highest BCUT2D eigenvalue weighted by atomic mass is 16.5. The first kappa shape index (κ1) is 20.4. The third kappa shape index (κ3) is 4.84. The maximum Gasteiger partial charge on any atom is 0.439 e. The van der Waals surface area contributed by atoms with E-state index in [-0.39, 0.29) is 0 Å². The summed E-state index contributed by atoms with van der Waals surface area (Å²) in [7, 11) is 4.01. The van der Waals surface area contributed by atoms with Crippen molar-refractivity contribution in [2.45, 2.75) is 6.92 Å². The summed E-state index contributed by atoms with van der Waals surface area (Å²) in [6.07, 6.45) is 1.68. The molecule has 160 valence electrons. The van der Waals surface area contributed by atoms with Crippen molar-refractivity contribution in [1.82, 2.24) is 19.5 Å². The van der Waals surface area contributed by atoms with Crippen molar-refractivity contribution < 1.29 is 9.15 Å². The van der Waals surface area contributed by atoms with Gasteiger partial charge < -0.3 is 19.4 Å². The van der Waals surface area contributed by atoms with Crippen molar-refractivity contribution in [2.24, 2.45) is 0 Å². The van der Waals surface area contributed by atoms with Crippen molar-refractivity contribution in [3.63, 3.8) is 0 Å². The normalized spacial score (nSPS) is 11.1. The van der Waals surface area contributed by atoms with Gasteiger partial charge in [0.1, 0.15) is 17.9 Å². The summed E-state index contributed by atoms with van der Waals surface area (Å²) in [6, 6.07) is 14.8. The molecule has 0 saturated heterocycles. The molecule has 4 rings (SSSR count). The average molecular weight is 420 g/mol. The molecule has 2 aromatic heterocycles. The third-order valence-corrected chi connectivity index (χ3v) is 4.59. The Hall–Kier alpha value is -3.85.